The summed E-state index contributed by atoms with van der Waals surface area (Å²) in [5.41, 5.74) is 1.18. The van der Waals surface area contributed by atoms with Crippen LogP contribution in [0.15, 0.2) is 30.3 Å². The molecule has 2 aliphatic rings. The van der Waals surface area contributed by atoms with Crippen LogP contribution in [-0.4, -0.2) is 67.7 Å². The largest absolute Gasteiger partial charge is 0.381 e. The maximum absolute atomic E-state index is 12.8. The topological polar surface area (TPSA) is 42.0 Å². The third-order valence-corrected chi connectivity index (χ3v) is 5.29. The van der Waals surface area contributed by atoms with E-state index in [-0.39, 0.29) is 12.0 Å². The molecule has 2 saturated heterocycles. The Morgan fingerprint density at radius 2 is 1.92 bits per heavy atom. The van der Waals surface area contributed by atoms with Crippen molar-refractivity contribution in [1.82, 2.24) is 9.80 Å². The smallest absolute Gasteiger partial charge is 0.236 e. The number of benzene rings is 1. The standard InChI is InChI=1S/C21H32N2O3/c1-2-10-22-14-20(26-17-19-6-4-3-5-7-19)15-23(21(24)16-22)13-18-8-11-25-12-9-18/h3-7,18,20H,2,8-17H2,1H3/t20-/m0/s1. The summed E-state index contributed by atoms with van der Waals surface area (Å²) >= 11 is 0. The normalized spacial score (nSPS) is 23.2. The Morgan fingerprint density at radius 1 is 1.15 bits per heavy atom. The van der Waals surface area contributed by atoms with Crippen LogP contribution in [0, 0.1) is 5.92 Å². The molecule has 1 aromatic carbocycles. The monoisotopic (exact) mass is 360 g/mol. The van der Waals surface area contributed by atoms with Crippen LogP contribution in [0.2, 0.25) is 0 Å². The molecule has 3 rings (SSSR count). The van der Waals surface area contributed by atoms with Gasteiger partial charge < -0.3 is 14.4 Å². The molecule has 2 fully saturated rings. The number of hydrogen-bond donors (Lipinski definition) is 0. The molecule has 26 heavy (non-hydrogen) atoms. The van der Waals surface area contributed by atoms with Crippen molar-refractivity contribution < 1.29 is 14.3 Å². The van der Waals surface area contributed by atoms with E-state index in [0.29, 0.717) is 25.6 Å². The molecule has 1 atom stereocenters. The quantitative estimate of drug-likeness (QED) is 0.749. The van der Waals surface area contributed by atoms with Gasteiger partial charge in [0.15, 0.2) is 0 Å². The van der Waals surface area contributed by atoms with Crippen LogP contribution in [-0.2, 0) is 20.9 Å². The minimum atomic E-state index is 0.0630. The molecule has 0 bridgehead atoms. The minimum absolute atomic E-state index is 0.0630. The number of carbonyl (C=O) groups is 1. The third-order valence-electron chi connectivity index (χ3n) is 5.29. The second-order valence-electron chi connectivity index (χ2n) is 7.51. The fraction of sp³-hybridized carbons (Fsp3) is 0.667. The molecule has 1 amide bonds. The van der Waals surface area contributed by atoms with Gasteiger partial charge in [-0.15, -0.1) is 0 Å². The zero-order valence-electron chi connectivity index (χ0n) is 15.9. The number of carbonyl (C=O) groups excluding carboxylic acids is 1. The molecule has 0 aliphatic carbocycles. The van der Waals surface area contributed by atoms with Crippen molar-refractivity contribution in [2.24, 2.45) is 5.92 Å². The van der Waals surface area contributed by atoms with E-state index in [4.69, 9.17) is 9.47 Å². The first-order valence-corrected chi connectivity index (χ1v) is 9.98. The molecule has 5 nitrogen and oxygen atoms in total. The Balaban J connectivity index is 1.61. The molecule has 0 N–H and O–H groups in total. The lowest BCUT2D eigenvalue weighted by molar-refractivity contribution is -0.133. The Bertz CT molecular complexity index is 545. The van der Waals surface area contributed by atoms with Gasteiger partial charge in [-0.1, -0.05) is 37.3 Å². The molecular formula is C21H32N2O3. The first-order chi connectivity index (χ1) is 12.7. The van der Waals surface area contributed by atoms with Crippen LogP contribution in [0.5, 0.6) is 0 Å². The molecule has 5 heteroatoms. The predicted octanol–water partition coefficient (Wildman–Crippen LogP) is 2.55. The van der Waals surface area contributed by atoms with Crippen LogP contribution < -0.4 is 0 Å². The number of rotatable bonds is 7. The maximum Gasteiger partial charge on any atom is 0.236 e. The highest BCUT2D eigenvalue weighted by Gasteiger charge is 2.30. The Labute approximate surface area is 157 Å². The molecular weight excluding hydrogens is 328 g/mol. The van der Waals surface area contributed by atoms with Gasteiger partial charge >= 0.3 is 0 Å². The summed E-state index contributed by atoms with van der Waals surface area (Å²) in [5.74, 6) is 0.802. The molecule has 0 spiro atoms. The van der Waals surface area contributed by atoms with E-state index in [1.165, 1.54) is 5.56 Å². The van der Waals surface area contributed by atoms with Gasteiger partial charge in [0.25, 0.3) is 0 Å². The average Bonchev–Trinajstić information content (AvgIpc) is 2.81. The first-order valence-electron chi connectivity index (χ1n) is 9.98. The van der Waals surface area contributed by atoms with E-state index in [0.717, 1.165) is 52.1 Å². The van der Waals surface area contributed by atoms with E-state index in [1.807, 2.05) is 23.1 Å². The van der Waals surface area contributed by atoms with Crippen LogP contribution >= 0.6 is 0 Å². The molecule has 0 radical (unpaired) electrons. The lowest BCUT2D eigenvalue weighted by Gasteiger charge is -2.30. The zero-order chi connectivity index (χ0) is 18.2. The van der Waals surface area contributed by atoms with Crippen molar-refractivity contribution in [3.05, 3.63) is 35.9 Å². The second-order valence-corrected chi connectivity index (χ2v) is 7.51. The van der Waals surface area contributed by atoms with Gasteiger partial charge in [-0.05, 0) is 37.3 Å². The number of amides is 1. The molecule has 2 heterocycles. The Hall–Kier alpha value is -1.43. The van der Waals surface area contributed by atoms with Crippen molar-refractivity contribution >= 4 is 5.91 Å². The van der Waals surface area contributed by atoms with Crippen LogP contribution in [0.4, 0.5) is 0 Å². The Morgan fingerprint density at radius 3 is 2.65 bits per heavy atom. The lowest BCUT2D eigenvalue weighted by Crippen LogP contribution is -2.42. The van der Waals surface area contributed by atoms with Crippen LogP contribution in [0.25, 0.3) is 0 Å². The number of nitrogens with zero attached hydrogens (tertiary/aromatic N) is 2. The van der Waals surface area contributed by atoms with Gasteiger partial charge in [0, 0.05) is 32.8 Å². The second kappa shape index (κ2) is 10.0. The summed E-state index contributed by atoms with van der Waals surface area (Å²) in [4.78, 5) is 17.1. The number of ether oxygens (including phenoxy) is 2. The average molecular weight is 360 g/mol. The predicted molar refractivity (Wildman–Crippen MR) is 102 cm³/mol. The zero-order valence-corrected chi connectivity index (χ0v) is 15.9. The van der Waals surface area contributed by atoms with Crippen molar-refractivity contribution in [1.29, 1.82) is 0 Å². The first kappa shape index (κ1) is 19.3. The summed E-state index contributed by atoms with van der Waals surface area (Å²) < 4.78 is 11.7. The highest BCUT2D eigenvalue weighted by atomic mass is 16.5. The van der Waals surface area contributed by atoms with E-state index < -0.39 is 0 Å². The Kier molecular flexibility index (Phi) is 7.47. The molecule has 0 aromatic heterocycles. The molecule has 144 valence electrons. The summed E-state index contributed by atoms with van der Waals surface area (Å²) in [5, 5.41) is 0. The summed E-state index contributed by atoms with van der Waals surface area (Å²) in [6.07, 6.45) is 3.22. The fourth-order valence-corrected chi connectivity index (χ4v) is 3.85. The molecule has 1 aromatic rings. The molecule has 0 saturated carbocycles. The van der Waals surface area contributed by atoms with E-state index in [1.54, 1.807) is 0 Å². The van der Waals surface area contributed by atoms with Crippen LogP contribution in [0.3, 0.4) is 0 Å². The highest BCUT2D eigenvalue weighted by Crippen LogP contribution is 2.19. The van der Waals surface area contributed by atoms with Gasteiger partial charge in [-0.3, -0.25) is 9.69 Å². The van der Waals surface area contributed by atoms with Crippen molar-refractivity contribution in [2.75, 3.05) is 45.9 Å². The van der Waals surface area contributed by atoms with Crippen molar-refractivity contribution in [2.45, 2.75) is 38.9 Å². The van der Waals surface area contributed by atoms with E-state index in [2.05, 4.69) is 24.0 Å². The third kappa shape index (κ3) is 5.79. The van der Waals surface area contributed by atoms with Gasteiger partial charge in [-0.2, -0.15) is 0 Å². The van der Waals surface area contributed by atoms with Gasteiger partial charge in [0.2, 0.25) is 5.91 Å². The van der Waals surface area contributed by atoms with Crippen molar-refractivity contribution in [3.63, 3.8) is 0 Å². The number of hydrogen-bond acceptors (Lipinski definition) is 4. The fourth-order valence-electron chi connectivity index (χ4n) is 3.85. The van der Waals surface area contributed by atoms with E-state index >= 15 is 0 Å². The summed E-state index contributed by atoms with van der Waals surface area (Å²) in [7, 11) is 0. The minimum Gasteiger partial charge on any atom is -0.381 e. The van der Waals surface area contributed by atoms with Crippen molar-refractivity contribution in [3.8, 4) is 0 Å². The van der Waals surface area contributed by atoms with Crippen LogP contribution in [0.1, 0.15) is 31.7 Å². The van der Waals surface area contributed by atoms with E-state index in [9.17, 15) is 4.79 Å². The summed E-state index contributed by atoms with van der Waals surface area (Å²) in [6, 6.07) is 10.3. The van der Waals surface area contributed by atoms with Gasteiger partial charge in [-0.25, -0.2) is 0 Å². The lowest BCUT2D eigenvalue weighted by atomic mass is 9.99. The van der Waals surface area contributed by atoms with Gasteiger partial charge in [0.05, 0.1) is 19.3 Å². The summed E-state index contributed by atoms with van der Waals surface area (Å²) in [6.45, 7) is 8.24. The SMILES string of the molecule is CCCN1CC(=O)N(CC2CCOCC2)C[C@@H](OCc2ccccc2)C1. The highest BCUT2D eigenvalue weighted by molar-refractivity contribution is 5.78. The van der Waals surface area contributed by atoms with Gasteiger partial charge in [0.1, 0.15) is 0 Å². The molecule has 0 unspecified atom stereocenters. The molecule has 2 aliphatic heterocycles. The maximum atomic E-state index is 12.8.